The molecule has 1 N–H and O–H groups in total. The van der Waals surface area contributed by atoms with Gasteiger partial charge in [-0.15, -0.1) is 0 Å². The van der Waals surface area contributed by atoms with Crippen LogP contribution in [0.4, 0.5) is 5.82 Å². The lowest BCUT2D eigenvalue weighted by atomic mass is 10.2. The molecular weight excluding hydrogens is 300 g/mol. The Morgan fingerprint density at radius 1 is 1.27 bits per heavy atom. The zero-order valence-corrected chi connectivity index (χ0v) is 12.4. The largest absolute Gasteiger partial charge is 0.372 e. The van der Waals surface area contributed by atoms with Crippen LogP contribution in [0.2, 0.25) is 5.02 Å². The Hall–Kier alpha value is -2.84. The summed E-state index contributed by atoms with van der Waals surface area (Å²) in [5.74, 6) is 0.490. The van der Waals surface area contributed by atoms with E-state index < -0.39 is 5.69 Å². The maximum atomic E-state index is 12.4. The van der Waals surface area contributed by atoms with Crippen molar-refractivity contribution < 1.29 is 0 Å². The molecule has 2 aromatic carbocycles. The summed E-state index contributed by atoms with van der Waals surface area (Å²) in [7, 11) is 1.70. The highest BCUT2D eigenvalue weighted by Crippen LogP contribution is 2.25. The molecule has 3 rings (SSSR count). The first kappa shape index (κ1) is 14.1. The molecule has 0 bridgehead atoms. The minimum absolute atomic E-state index is 0.436. The Balaban J connectivity index is 2.43. The molecule has 5 nitrogen and oxygen atoms in total. The molecule has 0 aliphatic carbocycles. The normalized spacial score (nSPS) is 10.4. The Labute approximate surface area is 131 Å². The van der Waals surface area contributed by atoms with Gasteiger partial charge in [-0.3, -0.25) is 4.57 Å². The molecule has 0 radical (unpaired) electrons. The number of hydrogen-bond acceptors (Lipinski definition) is 4. The molecule has 1 heterocycles. The minimum atomic E-state index is -0.436. The summed E-state index contributed by atoms with van der Waals surface area (Å²) in [4.78, 5) is 16.5. The van der Waals surface area contributed by atoms with Gasteiger partial charge in [0.2, 0.25) is 0 Å². The molecule has 6 heteroatoms. The molecule has 0 unspecified atom stereocenters. The second-order valence-corrected chi connectivity index (χ2v) is 5.09. The van der Waals surface area contributed by atoms with Gasteiger partial charge in [0.1, 0.15) is 5.82 Å². The Kier molecular flexibility index (Phi) is 3.53. The van der Waals surface area contributed by atoms with Gasteiger partial charge in [-0.25, -0.2) is 4.79 Å². The third-order valence-electron chi connectivity index (χ3n) is 3.32. The van der Waals surface area contributed by atoms with Gasteiger partial charge in [-0.05, 0) is 36.4 Å². The lowest BCUT2D eigenvalue weighted by molar-refractivity contribution is 0.960. The van der Waals surface area contributed by atoms with Crippen molar-refractivity contribution >= 4 is 28.3 Å². The lowest BCUT2D eigenvalue weighted by Gasteiger charge is -2.13. The molecule has 0 fully saturated rings. The Bertz CT molecular complexity index is 972. The van der Waals surface area contributed by atoms with Crippen LogP contribution in [0.25, 0.3) is 16.6 Å². The van der Waals surface area contributed by atoms with Crippen LogP contribution in [-0.4, -0.2) is 16.6 Å². The average molecular weight is 311 g/mol. The fourth-order valence-corrected chi connectivity index (χ4v) is 2.52. The van der Waals surface area contributed by atoms with Gasteiger partial charge < -0.3 is 5.32 Å². The van der Waals surface area contributed by atoms with Crippen molar-refractivity contribution in [3.63, 3.8) is 0 Å². The number of rotatable bonds is 2. The fraction of sp³-hybridized carbons (Fsp3) is 0.0625. The fourth-order valence-electron chi connectivity index (χ4n) is 2.35. The molecule has 22 heavy (non-hydrogen) atoms. The predicted molar refractivity (Wildman–Crippen MR) is 86.6 cm³/mol. The average Bonchev–Trinajstić information content (AvgIpc) is 2.53. The van der Waals surface area contributed by atoms with Crippen LogP contribution in [0.1, 0.15) is 5.56 Å². The number of aromatic nitrogens is 2. The van der Waals surface area contributed by atoms with E-state index in [-0.39, 0.29) is 0 Å². The molecular formula is C16H11ClN4O. The maximum Gasteiger partial charge on any atom is 0.354 e. The molecule has 0 saturated heterocycles. The van der Waals surface area contributed by atoms with Crippen LogP contribution in [0.5, 0.6) is 0 Å². The molecule has 108 valence electrons. The quantitative estimate of drug-likeness (QED) is 0.790. The van der Waals surface area contributed by atoms with E-state index in [0.717, 1.165) is 5.39 Å². The summed E-state index contributed by atoms with van der Waals surface area (Å²) < 4.78 is 1.45. The summed E-state index contributed by atoms with van der Waals surface area (Å²) in [6, 6.07) is 14.1. The summed E-state index contributed by atoms with van der Waals surface area (Å²) in [5, 5.41) is 13.2. The summed E-state index contributed by atoms with van der Waals surface area (Å²) in [5.41, 5.74) is 1.24. The first-order chi connectivity index (χ1) is 10.6. The monoisotopic (exact) mass is 310 g/mol. The molecule has 0 aliphatic rings. The number of anilines is 1. The molecule has 3 aromatic rings. The highest BCUT2D eigenvalue weighted by Gasteiger charge is 2.12. The summed E-state index contributed by atoms with van der Waals surface area (Å²) in [6.45, 7) is 0. The first-order valence-corrected chi connectivity index (χ1v) is 6.92. The molecule has 0 spiro atoms. The van der Waals surface area contributed by atoms with Crippen LogP contribution in [0.15, 0.2) is 47.3 Å². The van der Waals surface area contributed by atoms with Crippen LogP contribution in [-0.2, 0) is 0 Å². The van der Waals surface area contributed by atoms with Crippen molar-refractivity contribution in [2.75, 3.05) is 12.4 Å². The number of hydrogen-bond donors (Lipinski definition) is 1. The van der Waals surface area contributed by atoms with Gasteiger partial charge in [0.15, 0.2) is 0 Å². The number of nitrogens with one attached hydrogen (secondary N) is 1. The number of nitriles is 1. The maximum absolute atomic E-state index is 12.4. The molecule has 0 aliphatic heterocycles. The molecule has 0 saturated carbocycles. The molecule has 0 amide bonds. The number of benzene rings is 2. The second kappa shape index (κ2) is 5.51. The number of halogens is 1. The zero-order chi connectivity index (χ0) is 15.7. The van der Waals surface area contributed by atoms with Gasteiger partial charge in [0.05, 0.1) is 22.8 Å². The van der Waals surface area contributed by atoms with Crippen molar-refractivity contribution in [3.8, 4) is 11.8 Å². The van der Waals surface area contributed by atoms with Crippen molar-refractivity contribution in [1.29, 1.82) is 5.26 Å². The predicted octanol–water partition coefficient (Wildman–Crippen LogP) is 2.95. The van der Waals surface area contributed by atoms with E-state index >= 15 is 0 Å². The van der Waals surface area contributed by atoms with Crippen LogP contribution in [0.3, 0.4) is 0 Å². The van der Waals surface area contributed by atoms with Gasteiger partial charge in [0.25, 0.3) is 0 Å². The van der Waals surface area contributed by atoms with E-state index in [4.69, 9.17) is 16.9 Å². The van der Waals surface area contributed by atoms with Crippen molar-refractivity contribution in [2.45, 2.75) is 0 Å². The summed E-state index contributed by atoms with van der Waals surface area (Å²) >= 11 is 6.08. The smallest absolute Gasteiger partial charge is 0.354 e. The molecule has 1 aromatic heterocycles. The van der Waals surface area contributed by atoms with Gasteiger partial charge >= 0.3 is 5.69 Å². The van der Waals surface area contributed by atoms with E-state index in [9.17, 15) is 4.79 Å². The lowest BCUT2D eigenvalue weighted by Crippen LogP contribution is -2.23. The van der Waals surface area contributed by atoms with E-state index in [1.54, 1.807) is 49.5 Å². The highest BCUT2D eigenvalue weighted by molar-refractivity contribution is 6.31. The van der Waals surface area contributed by atoms with E-state index in [1.807, 2.05) is 0 Å². The van der Waals surface area contributed by atoms with Crippen molar-refractivity contribution in [1.82, 2.24) is 9.55 Å². The second-order valence-electron chi connectivity index (χ2n) is 4.65. The van der Waals surface area contributed by atoms with Crippen LogP contribution in [0, 0.1) is 11.3 Å². The first-order valence-electron chi connectivity index (χ1n) is 6.54. The Morgan fingerprint density at radius 2 is 2.09 bits per heavy atom. The minimum Gasteiger partial charge on any atom is -0.372 e. The van der Waals surface area contributed by atoms with Gasteiger partial charge in [-0.1, -0.05) is 17.7 Å². The van der Waals surface area contributed by atoms with Crippen LogP contribution >= 0.6 is 11.6 Å². The van der Waals surface area contributed by atoms with E-state index in [1.165, 1.54) is 4.57 Å². The zero-order valence-electron chi connectivity index (χ0n) is 11.7. The third-order valence-corrected chi connectivity index (χ3v) is 3.56. The topological polar surface area (TPSA) is 70.7 Å². The van der Waals surface area contributed by atoms with Crippen LogP contribution < -0.4 is 11.0 Å². The van der Waals surface area contributed by atoms with Crippen molar-refractivity contribution in [2.24, 2.45) is 0 Å². The number of nitrogens with zero attached hydrogens (tertiary/aromatic N) is 3. The third kappa shape index (κ3) is 2.30. The summed E-state index contributed by atoms with van der Waals surface area (Å²) in [6.07, 6.45) is 0. The van der Waals surface area contributed by atoms with Gasteiger partial charge in [0, 0.05) is 17.5 Å². The standard InChI is InChI=1S/C16H11ClN4O/c1-19-15-13-6-5-11(17)8-14(13)21(16(22)20-15)12-4-2-3-10(7-12)9-18/h2-8H,1H3,(H,19,20,22). The van der Waals surface area contributed by atoms with Gasteiger partial charge in [-0.2, -0.15) is 10.2 Å². The van der Waals surface area contributed by atoms with E-state index in [0.29, 0.717) is 27.6 Å². The SMILES string of the molecule is CNc1nc(=O)n(-c2cccc(C#N)c2)c2cc(Cl)ccc12. The number of fused-ring (bicyclic) bond motifs is 1. The Morgan fingerprint density at radius 3 is 2.82 bits per heavy atom. The van der Waals surface area contributed by atoms with Crippen molar-refractivity contribution in [3.05, 3.63) is 63.5 Å². The highest BCUT2D eigenvalue weighted by atomic mass is 35.5. The van der Waals surface area contributed by atoms with E-state index in [2.05, 4.69) is 16.4 Å². The molecule has 0 atom stereocenters.